The third kappa shape index (κ3) is 4.38. The molecule has 3 rings (SSSR count). The molecule has 1 aliphatic rings. The molecule has 156 valence electrons. The highest BCUT2D eigenvalue weighted by atomic mass is 35.5. The average Bonchev–Trinajstić information content (AvgIpc) is 2.96. The van der Waals surface area contributed by atoms with Gasteiger partial charge in [-0.05, 0) is 60.6 Å². The molecule has 0 bridgehead atoms. The number of halogens is 1. The normalized spacial score (nSPS) is 14.9. The molecule has 30 heavy (non-hydrogen) atoms. The van der Waals surface area contributed by atoms with Gasteiger partial charge in [0.05, 0.1) is 29.7 Å². The van der Waals surface area contributed by atoms with E-state index in [2.05, 4.69) is 5.43 Å². The Morgan fingerprint density at radius 2 is 1.87 bits per heavy atom. The predicted molar refractivity (Wildman–Crippen MR) is 120 cm³/mol. The number of phenols is 1. The number of ether oxygens (including phenoxy) is 2. The van der Waals surface area contributed by atoms with Crippen LogP contribution >= 0.6 is 35.6 Å². The lowest BCUT2D eigenvalue weighted by molar-refractivity contribution is -0.123. The average molecular weight is 465 g/mol. The summed E-state index contributed by atoms with van der Waals surface area (Å²) in [6.45, 7) is 1.85. The molecule has 2 amide bonds. The standard InChI is InChI=1S/C20H17ClN2O5S2/c1-10-4-5-12(13(21)6-10)18(25)22-23-19(26)16(30-20(23)29)9-11-7-14(27-2)17(24)15(8-11)28-3/h4-9,24H,1-3H3,(H,22,25). The first-order valence-corrected chi connectivity index (χ1v) is 10.2. The van der Waals surface area contributed by atoms with Gasteiger partial charge in [-0.15, -0.1) is 0 Å². The van der Waals surface area contributed by atoms with Gasteiger partial charge in [0.25, 0.3) is 11.8 Å². The number of methoxy groups -OCH3 is 2. The predicted octanol–water partition coefficient (Wildman–Crippen LogP) is 3.92. The highest BCUT2D eigenvalue weighted by Gasteiger charge is 2.34. The van der Waals surface area contributed by atoms with Gasteiger partial charge in [-0.1, -0.05) is 29.4 Å². The molecule has 0 aliphatic carbocycles. The largest absolute Gasteiger partial charge is 0.502 e. The van der Waals surface area contributed by atoms with Gasteiger partial charge in [0.2, 0.25) is 5.75 Å². The van der Waals surface area contributed by atoms with Crippen LogP contribution in [0, 0.1) is 6.92 Å². The summed E-state index contributed by atoms with van der Waals surface area (Å²) in [7, 11) is 2.81. The third-order valence-corrected chi connectivity index (χ3v) is 5.79. The smallest absolute Gasteiger partial charge is 0.285 e. The van der Waals surface area contributed by atoms with E-state index >= 15 is 0 Å². The summed E-state index contributed by atoms with van der Waals surface area (Å²) in [6, 6.07) is 8.09. The number of thiocarbonyl (C=S) groups is 1. The van der Waals surface area contributed by atoms with Crippen molar-refractivity contribution in [3.63, 3.8) is 0 Å². The fourth-order valence-electron chi connectivity index (χ4n) is 2.68. The van der Waals surface area contributed by atoms with Crippen LogP contribution < -0.4 is 14.9 Å². The zero-order valence-corrected chi connectivity index (χ0v) is 18.6. The van der Waals surface area contributed by atoms with Crippen molar-refractivity contribution in [3.8, 4) is 17.2 Å². The zero-order valence-electron chi connectivity index (χ0n) is 16.2. The van der Waals surface area contributed by atoms with Gasteiger partial charge < -0.3 is 14.6 Å². The van der Waals surface area contributed by atoms with Crippen LogP contribution in [-0.2, 0) is 4.79 Å². The second-order valence-electron chi connectivity index (χ2n) is 6.22. The summed E-state index contributed by atoms with van der Waals surface area (Å²) in [5, 5.41) is 11.3. The number of carbonyl (C=O) groups is 2. The van der Waals surface area contributed by atoms with E-state index in [1.54, 1.807) is 36.4 Å². The highest BCUT2D eigenvalue weighted by Crippen LogP contribution is 2.39. The first-order chi connectivity index (χ1) is 14.2. The summed E-state index contributed by atoms with van der Waals surface area (Å²) in [5.41, 5.74) is 4.18. The minimum absolute atomic E-state index is 0.146. The van der Waals surface area contributed by atoms with Gasteiger partial charge in [-0.3, -0.25) is 15.0 Å². The van der Waals surface area contributed by atoms with E-state index < -0.39 is 11.8 Å². The number of thioether (sulfide) groups is 1. The molecule has 1 fully saturated rings. The molecular formula is C20H17ClN2O5S2. The second kappa shape index (κ2) is 8.95. The lowest BCUT2D eigenvalue weighted by Gasteiger charge is -2.16. The number of amides is 2. The summed E-state index contributed by atoms with van der Waals surface area (Å²) < 4.78 is 10.4. The van der Waals surface area contributed by atoms with Gasteiger partial charge in [0, 0.05) is 0 Å². The van der Waals surface area contributed by atoms with Crippen molar-refractivity contribution >= 4 is 57.8 Å². The molecule has 1 aliphatic heterocycles. The Hall–Kier alpha value is -2.75. The lowest BCUT2D eigenvalue weighted by Crippen LogP contribution is -2.44. The number of nitrogens with zero attached hydrogens (tertiary/aromatic N) is 1. The van der Waals surface area contributed by atoms with E-state index in [0.717, 1.165) is 22.3 Å². The molecule has 0 aromatic heterocycles. The van der Waals surface area contributed by atoms with Gasteiger partial charge >= 0.3 is 0 Å². The molecular weight excluding hydrogens is 448 g/mol. The fraction of sp³-hybridized carbons (Fsp3) is 0.150. The molecule has 0 atom stereocenters. The molecule has 0 saturated carbocycles. The fourth-order valence-corrected chi connectivity index (χ4v) is 4.18. The quantitative estimate of drug-likeness (QED) is 0.512. The minimum Gasteiger partial charge on any atom is -0.502 e. The summed E-state index contributed by atoms with van der Waals surface area (Å²) in [6.07, 6.45) is 1.56. The monoisotopic (exact) mass is 464 g/mol. The number of phenolic OH excluding ortho intramolecular Hbond substituents is 1. The Labute approximate surface area is 187 Å². The Bertz CT molecular complexity index is 1060. The molecule has 10 heteroatoms. The van der Waals surface area contributed by atoms with Crippen LogP contribution in [0.25, 0.3) is 6.08 Å². The maximum absolute atomic E-state index is 12.8. The molecule has 7 nitrogen and oxygen atoms in total. The molecule has 1 heterocycles. The lowest BCUT2D eigenvalue weighted by atomic mass is 10.1. The van der Waals surface area contributed by atoms with E-state index in [4.69, 9.17) is 33.3 Å². The molecule has 1 saturated heterocycles. The van der Waals surface area contributed by atoms with Crippen molar-refractivity contribution in [2.24, 2.45) is 0 Å². The number of rotatable bonds is 5. The maximum Gasteiger partial charge on any atom is 0.285 e. The van der Waals surface area contributed by atoms with Crippen LogP contribution in [0.15, 0.2) is 35.2 Å². The molecule has 2 aromatic rings. The summed E-state index contributed by atoms with van der Waals surface area (Å²) >= 11 is 12.4. The van der Waals surface area contributed by atoms with E-state index in [1.165, 1.54) is 14.2 Å². The van der Waals surface area contributed by atoms with E-state index in [-0.39, 0.29) is 37.1 Å². The van der Waals surface area contributed by atoms with E-state index in [0.29, 0.717) is 5.56 Å². The number of hydrazine groups is 1. The molecule has 2 aromatic carbocycles. The first kappa shape index (κ1) is 21.9. The zero-order chi connectivity index (χ0) is 22.0. The van der Waals surface area contributed by atoms with Crippen LogP contribution in [-0.4, -0.2) is 40.5 Å². The number of aryl methyl sites for hydroxylation is 1. The van der Waals surface area contributed by atoms with Crippen LogP contribution in [0.2, 0.25) is 5.02 Å². The molecule has 0 spiro atoms. The number of hydrogen-bond donors (Lipinski definition) is 2. The van der Waals surface area contributed by atoms with Crippen LogP contribution in [0.1, 0.15) is 21.5 Å². The first-order valence-electron chi connectivity index (χ1n) is 8.55. The van der Waals surface area contributed by atoms with Crippen LogP contribution in [0.4, 0.5) is 0 Å². The number of benzene rings is 2. The van der Waals surface area contributed by atoms with E-state index in [1.807, 2.05) is 6.92 Å². The second-order valence-corrected chi connectivity index (χ2v) is 8.30. The maximum atomic E-state index is 12.8. The van der Waals surface area contributed by atoms with Crippen molar-refractivity contribution in [2.75, 3.05) is 14.2 Å². The van der Waals surface area contributed by atoms with Crippen molar-refractivity contribution in [3.05, 3.63) is 56.9 Å². The molecule has 2 N–H and O–H groups in total. The highest BCUT2D eigenvalue weighted by molar-refractivity contribution is 8.26. The number of aromatic hydroxyl groups is 1. The van der Waals surface area contributed by atoms with Gasteiger partial charge in [-0.2, -0.15) is 5.01 Å². The molecule has 0 unspecified atom stereocenters. The Morgan fingerprint density at radius 3 is 2.43 bits per heavy atom. The van der Waals surface area contributed by atoms with Crippen molar-refractivity contribution < 1.29 is 24.2 Å². The summed E-state index contributed by atoms with van der Waals surface area (Å²) in [5.74, 6) is -0.804. The minimum atomic E-state index is -0.550. The van der Waals surface area contributed by atoms with Crippen molar-refractivity contribution in [2.45, 2.75) is 6.92 Å². The molecule has 0 radical (unpaired) electrons. The third-order valence-electron chi connectivity index (χ3n) is 4.18. The SMILES string of the molecule is COc1cc(C=C2SC(=S)N(NC(=O)c3ccc(C)cc3Cl)C2=O)cc(OC)c1O. The topological polar surface area (TPSA) is 88.1 Å². The van der Waals surface area contributed by atoms with Gasteiger partial charge in [-0.25, -0.2) is 0 Å². The van der Waals surface area contributed by atoms with Crippen LogP contribution in [0.3, 0.4) is 0 Å². The Morgan fingerprint density at radius 1 is 1.23 bits per heavy atom. The Kier molecular flexibility index (Phi) is 6.55. The number of hydrogen-bond acceptors (Lipinski definition) is 7. The number of carbonyl (C=O) groups excluding carboxylic acids is 2. The van der Waals surface area contributed by atoms with Gasteiger partial charge in [0.15, 0.2) is 15.8 Å². The Balaban J connectivity index is 1.85. The van der Waals surface area contributed by atoms with Crippen LogP contribution in [0.5, 0.6) is 17.2 Å². The number of nitrogens with one attached hydrogen (secondary N) is 1. The van der Waals surface area contributed by atoms with Crippen molar-refractivity contribution in [1.29, 1.82) is 0 Å². The van der Waals surface area contributed by atoms with Crippen molar-refractivity contribution in [1.82, 2.24) is 10.4 Å². The summed E-state index contributed by atoms with van der Waals surface area (Å²) in [4.78, 5) is 25.6. The van der Waals surface area contributed by atoms with E-state index in [9.17, 15) is 14.7 Å². The van der Waals surface area contributed by atoms with Gasteiger partial charge in [0.1, 0.15) is 0 Å².